The zero-order chi connectivity index (χ0) is 19.3. The Balaban J connectivity index is 1.56. The molecule has 0 saturated heterocycles. The van der Waals surface area contributed by atoms with Crippen molar-refractivity contribution in [3.8, 4) is 17.0 Å². The van der Waals surface area contributed by atoms with Crippen LogP contribution in [0.5, 0.6) is 5.75 Å². The normalized spacial score (nSPS) is 10.8. The molecule has 0 aliphatic carbocycles. The Morgan fingerprint density at radius 2 is 1.89 bits per heavy atom. The van der Waals surface area contributed by atoms with Crippen LogP contribution in [0, 0.1) is 0 Å². The number of rotatable bonds is 6. The van der Waals surface area contributed by atoms with E-state index in [1.54, 1.807) is 19.5 Å². The van der Waals surface area contributed by atoms with Gasteiger partial charge in [0.05, 0.1) is 13.3 Å². The van der Waals surface area contributed by atoms with Crippen molar-refractivity contribution in [2.24, 2.45) is 0 Å². The number of carbonyl (C=O) groups is 1. The Morgan fingerprint density at radius 3 is 2.71 bits per heavy atom. The van der Waals surface area contributed by atoms with E-state index in [0.717, 1.165) is 28.1 Å². The van der Waals surface area contributed by atoms with Gasteiger partial charge in [-0.3, -0.25) is 9.78 Å². The van der Waals surface area contributed by atoms with Gasteiger partial charge in [0.25, 0.3) is 0 Å². The van der Waals surface area contributed by atoms with E-state index in [1.807, 2.05) is 65.2 Å². The summed E-state index contributed by atoms with van der Waals surface area (Å²) < 4.78 is 7.24. The quantitative estimate of drug-likeness (QED) is 0.511. The number of hydrogen-bond acceptors (Lipinski definition) is 3. The first-order chi connectivity index (χ1) is 13.8. The molecule has 6 nitrogen and oxygen atoms in total. The molecule has 0 saturated carbocycles. The van der Waals surface area contributed by atoms with Crippen molar-refractivity contribution in [2.45, 2.75) is 6.42 Å². The van der Waals surface area contributed by atoms with Crippen LogP contribution in [0.1, 0.15) is 16.2 Å². The number of methoxy groups -OCH3 is 1. The van der Waals surface area contributed by atoms with Crippen LogP contribution in [0.15, 0.2) is 73.2 Å². The number of imidazole rings is 1. The molecule has 28 heavy (non-hydrogen) atoms. The molecule has 0 aliphatic rings. The van der Waals surface area contributed by atoms with E-state index >= 15 is 0 Å². The lowest BCUT2D eigenvalue weighted by atomic mass is 10.1. The predicted molar refractivity (Wildman–Crippen MR) is 106 cm³/mol. The molecule has 4 rings (SSSR count). The lowest BCUT2D eigenvalue weighted by molar-refractivity contribution is -0.513. The molecule has 0 fully saturated rings. The average molecular weight is 373 g/mol. The first-order valence-corrected chi connectivity index (χ1v) is 9.11. The summed E-state index contributed by atoms with van der Waals surface area (Å²) >= 11 is 0. The number of nitrogens with zero attached hydrogens (tertiary/aromatic N) is 2. The molecule has 0 atom stereocenters. The maximum absolute atomic E-state index is 12.8. The highest BCUT2D eigenvalue weighted by atomic mass is 16.5. The molecule has 0 radical (unpaired) electrons. The molecule has 2 N–H and O–H groups in total. The first kappa shape index (κ1) is 17.7. The Hall–Kier alpha value is -3.67. The van der Waals surface area contributed by atoms with E-state index in [1.165, 1.54) is 0 Å². The number of carbonyl (C=O) groups excluding carboxylic acids is 1. The molecule has 1 aromatic carbocycles. The van der Waals surface area contributed by atoms with Crippen molar-refractivity contribution in [2.75, 3.05) is 13.7 Å². The number of nitrogens with one attached hydrogen (secondary N) is 2. The summed E-state index contributed by atoms with van der Waals surface area (Å²) in [6.07, 6.45) is 6.05. The van der Waals surface area contributed by atoms with Crippen LogP contribution in [0.3, 0.4) is 0 Å². The van der Waals surface area contributed by atoms with Crippen molar-refractivity contribution < 1.29 is 13.9 Å². The van der Waals surface area contributed by atoms with Gasteiger partial charge in [-0.15, -0.1) is 0 Å². The SMILES string of the molecule is COc1ccccc1CCNC(=O)c1[nH]c(-c2ccncc2)c2cccc[n+]12. The van der Waals surface area contributed by atoms with Crippen molar-refractivity contribution >= 4 is 11.4 Å². The lowest BCUT2D eigenvalue weighted by Crippen LogP contribution is -2.35. The largest absolute Gasteiger partial charge is 0.496 e. The molecular weight excluding hydrogens is 352 g/mol. The number of pyridine rings is 2. The van der Waals surface area contributed by atoms with Gasteiger partial charge in [0.15, 0.2) is 11.2 Å². The number of hydrogen-bond donors (Lipinski definition) is 2. The number of fused-ring (bicyclic) bond motifs is 1. The number of H-pyrrole nitrogens is 1. The van der Waals surface area contributed by atoms with Crippen LogP contribution in [0.2, 0.25) is 0 Å². The molecule has 140 valence electrons. The summed E-state index contributed by atoms with van der Waals surface area (Å²) in [5, 5.41) is 3.00. The molecule has 0 spiro atoms. The van der Waals surface area contributed by atoms with Crippen LogP contribution >= 0.6 is 0 Å². The fourth-order valence-corrected chi connectivity index (χ4v) is 3.29. The minimum atomic E-state index is -0.156. The van der Waals surface area contributed by atoms with Gasteiger partial charge in [0.2, 0.25) is 0 Å². The van der Waals surface area contributed by atoms with Crippen LogP contribution in [-0.2, 0) is 6.42 Å². The summed E-state index contributed by atoms with van der Waals surface area (Å²) in [6.45, 7) is 0.512. The minimum absolute atomic E-state index is 0.156. The maximum atomic E-state index is 12.8. The van der Waals surface area contributed by atoms with Gasteiger partial charge in [-0.2, -0.15) is 4.40 Å². The maximum Gasteiger partial charge on any atom is 0.351 e. The topological polar surface area (TPSA) is 71.1 Å². The summed E-state index contributed by atoms with van der Waals surface area (Å²) in [4.78, 5) is 20.2. The summed E-state index contributed by atoms with van der Waals surface area (Å²) in [6, 6.07) is 17.5. The average Bonchev–Trinajstić information content (AvgIpc) is 3.14. The van der Waals surface area contributed by atoms with Crippen LogP contribution in [0.25, 0.3) is 16.8 Å². The zero-order valence-electron chi connectivity index (χ0n) is 15.6. The van der Waals surface area contributed by atoms with Crippen LogP contribution in [0.4, 0.5) is 0 Å². The number of ether oxygens (including phenoxy) is 1. The third-order valence-corrected chi connectivity index (χ3v) is 4.66. The van der Waals surface area contributed by atoms with E-state index in [0.29, 0.717) is 18.8 Å². The monoisotopic (exact) mass is 373 g/mol. The number of benzene rings is 1. The second-order valence-corrected chi connectivity index (χ2v) is 6.36. The molecule has 0 bridgehead atoms. The van der Waals surface area contributed by atoms with Crippen LogP contribution in [-0.4, -0.2) is 29.5 Å². The second kappa shape index (κ2) is 7.92. The molecule has 3 heterocycles. The third-order valence-electron chi connectivity index (χ3n) is 4.66. The third kappa shape index (κ3) is 3.44. The van der Waals surface area contributed by atoms with Crippen molar-refractivity contribution in [3.63, 3.8) is 0 Å². The molecule has 3 aromatic heterocycles. The molecule has 0 aliphatic heterocycles. The van der Waals surface area contributed by atoms with E-state index in [9.17, 15) is 4.79 Å². The molecule has 0 unspecified atom stereocenters. The highest BCUT2D eigenvalue weighted by molar-refractivity contribution is 5.91. The first-order valence-electron chi connectivity index (χ1n) is 9.11. The highest BCUT2D eigenvalue weighted by Crippen LogP contribution is 2.21. The van der Waals surface area contributed by atoms with E-state index in [2.05, 4.69) is 15.3 Å². The molecular formula is C22H21N4O2+. The standard InChI is InChI=1S/C22H20N4O2/c1-28-19-8-3-2-6-16(19)11-14-24-22(27)21-25-20(17-9-12-23-13-10-17)18-7-4-5-15-26(18)21/h2-10,12-13,15H,11,14H2,1H3,(H,24,27)/p+1. The summed E-state index contributed by atoms with van der Waals surface area (Å²) in [7, 11) is 1.65. The van der Waals surface area contributed by atoms with Crippen LogP contribution < -0.4 is 14.5 Å². The number of aromatic nitrogens is 3. The Morgan fingerprint density at radius 1 is 1.11 bits per heavy atom. The lowest BCUT2D eigenvalue weighted by Gasteiger charge is -2.08. The smallest absolute Gasteiger partial charge is 0.351 e. The number of aromatic amines is 1. The molecule has 1 amide bonds. The van der Waals surface area contributed by atoms with Gasteiger partial charge < -0.3 is 10.1 Å². The van der Waals surface area contributed by atoms with Crippen molar-refractivity contribution in [1.29, 1.82) is 0 Å². The van der Waals surface area contributed by atoms with E-state index in [4.69, 9.17) is 4.74 Å². The Bertz CT molecular complexity index is 1110. The highest BCUT2D eigenvalue weighted by Gasteiger charge is 2.25. The van der Waals surface area contributed by atoms with Gasteiger partial charge >= 0.3 is 11.7 Å². The van der Waals surface area contributed by atoms with Gasteiger partial charge in [0, 0.05) is 24.5 Å². The Kier molecular flexibility index (Phi) is 5.01. The predicted octanol–water partition coefficient (Wildman–Crippen LogP) is 2.80. The van der Waals surface area contributed by atoms with E-state index < -0.39 is 0 Å². The number of amides is 1. The van der Waals surface area contributed by atoms with E-state index in [-0.39, 0.29) is 5.91 Å². The minimum Gasteiger partial charge on any atom is -0.496 e. The van der Waals surface area contributed by atoms with Crippen molar-refractivity contribution in [1.82, 2.24) is 15.3 Å². The molecule has 6 heteroatoms. The van der Waals surface area contributed by atoms with Gasteiger partial charge in [0.1, 0.15) is 5.75 Å². The fraction of sp³-hybridized carbons (Fsp3) is 0.136. The van der Waals surface area contributed by atoms with Gasteiger partial charge in [-0.25, -0.2) is 4.98 Å². The van der Waals surface area contributed by atoms with Gasteiger partial charge in [-0.1, -0.05) is 24.3 Å². The Labute approximate surface area is 162 Å². The summed E-state index contributed by atoms with van der Waals surface area (Å²) in [5.41, 5.74) is 3.86. The zero-order valence-corrected chi connectivity index (χ0v) is 15.6. The number of para-hydroxylation sites is 1. The molecule has 4 aromatic rings. The second-order valence-electron chi connectivity index (χ2n) is 6.36. The van der Waals surface area contributed by atoms with Gasteiger partial charge in [-0.05, 0) is 42.3 Å². The fourth-order valence-electron chi connectivity index (χ4n) is 3.29. The summed E-state index contributed by atoms with van der Waals surface area (Å²) in [5.74, 6) is 1.16. The van der Waals surface area contributed by atoms with Crippen molar-refractivity contribution in [3.05, 3.63) is 84.6 Å².